The van der Waals surface area contributed by atoms with Crippen LogP contribution in [-0.2, 0) is 6.42 Å². The van der Waals surface area contributed by atoms with E-state index in [-0.39, 0.29) is 5.75 Å². The Balaban J connectivity index is 1.67. The van der Waals surface area contributed by atoms with Crippen LogP contribution in [0.4, 0.5) is 0 Å². The summed E-state index contributed by atoms with van der Waals surface area (Å²) in [6, 6.07) is 6.95. The summed E-state index contributed by atoms with van der Waals surface area (Å²) in [5.41, 5.74) is 0.919. The third-order valence-electron chi connectivity index (χ3n) is 3.73. The Kier molecular flexibility index (Phi) is 6.68. The van der Waals surface area contributed by atoms with Crippen molar-refractivity contribution >= 4 is 0 Å². The zero-order valence-corrected chi connectivity index (χ0v) is 13.1. The highest BCUT2D eigenvalue weighted by molar-refractivity contribution is 5.55. The van der Waals surface area contributed by atoms with Crippen LogP contribution in [0.25, 0.3) is 11.4 Å². The summed E-state index contributed by atoms with van der Waals surface area (Å²) in [6.45, 7) is 3.74. The van der Waals surface area contributed by atoms with E-state index < -0.39 is 0 Å². The highest BCUT2D eigenvalue weighted by Crippen LogP contribution is 2.18. The van der Waals surface area contributed by atoms with Crippen LogP contribution in [0, 0.1) is 0 Å². The Labute approximate surface area is 132 Å². The number of unbranched alkanes of at least 4 members (excludes halogenated alkanes) is 6. The molecule has 0 saturated heterocycles. The smallest absolute Gasteiger partial charge is 0.181 e. The van der Waals surface area contributed by atoms with Crippen LogP contribution in [-0.4, -0.2) is 20.3 Å². The Morgan fingerprint density at radius 3 is 2.41 bits per heavy atom. The fourth-order valence-electron chi connectivity index (χ4n) is 2.43. The molecule has 0 aliphatic heterocycles. The van der Waals surface area contributed by atoms with E-state index in [9.17, 15) is 5.11 Å². The molecule has 118 valence electrons. The second kappa shape index (κ2) is 9.03. The number of aromatic hydroxyl groups is 1. The maximum absolute atomic E-state index is 9.29. The average molecular weight is 299 g/mol. The number of aromatic nitrogens is 3. The van der Waals surface area contributed by atoms with Gasteiger partial charge in [0.15, 0.2) is 5.82 Å². The lowest BCUT2D eigenvalue weighted by atomic mass is 10.1. The minimum atomic E-state index is 0.257. The number of benzene rings is 1. The molecule has 2 aromatic rings. The van der Waals surface area contributed by atoms with Crippen molar-refractivity contribution in [2.45, 2.75) is 51.4 Å². The van der Waals surface area contributed by atoms with E-state index in [2.05, 4.69) is 21.8 Å². The first-order chi connectivity index (χ1) is 10.8. The number of nitrogens with one attached hydrogen (secondary N) is 1. The highest BCUT2D eigenvalue weighted by Gasteiger charge is 2.05. The largest absolute Gasteiger partial charge is 0.508 e. The number of hydrogen-bond acceptors (Lipinski definition) is 3. The van der Waals surface area contributed by atoms with E-state index in [0.29, 0.717) is 5.82 Å². The minimum Gasteiger partial charge on any atom is -0.508 e. The van der Waals surface area contributed by atoms with Gasteiger partial charge in [0.25, 0.3) is 0 Å². The van der Waals surface area contributed by atoms with Gasteiger partial charge in [-0.2, -0.15) is 5.10 Å². The predicted octanol–water partition coefficient (Wildman–Crippen LogP) is 4.64. The molecule has 0 fully saturated rings. The molecule has 1 aromatic heterocycles. The van der Waals surface area contributed by atoms with Crippen molar-refractivity contribution in [3.8, 4) is 17.1 Å². The first kappa shape index (κ1) is 16.3. The van der Waals surface area contributed by atoms with Crippen LogP contribution < -0.4 is 0 Å². The third-order valence-corrected chi connectivity index (χ3v) is 3.73. The van der Waals surface area contributed by atoms with E-state index in [1.54, 1.807) is 12.1 Å². The summed E-state index contributed by atoms with van der Waals surface area (Å²) < 4.78 is 0. The summed E-state index contributed by atoms with van der Waals surface area (Å²) in [4.78, 5) is 4.51. The Hall–Kier alpha value is -2.10. The Morgan fingerprint density at radius 1 is 1.00 bits per heavy atom. The van der Waals surface area contributed by atoms with Crippen LogP contribution in [0.15, 0.2) is 36.9 Å². The van der Waals surface area contributed by atoms with Gasteiger partial charge in [-0.3, -0.25) is 5.10 Å². The number of allylic oxidation sites excluding steroid dienone is 1. The molecule has 22 heavy (non-hydrogen) atoms. The lowest BCUT2D eigenvalue weighted by molar-refractivity contribution is 0.475. The van der Waals surface area contributed by atoms with Crippen LogP contribution in [0.1, 0.15) is 50.8 Å². The molecule has 0 bridgehead atoms. The van der Waals surface area contributed by atoms with E-state index in [4.69, 9.17) is 0 Å². The third kappa shape index (κ3) is 5.35. The van der Waals surface area contributed by atoms with Crippen LogP contribution in [0.2, 0.25) is 0 Å². The summed E-state index contributed by atoms with van der Waals surface area (Å²) in [7, 11) is 0. The van der Waals surface area contributed by atoms with Crippen molar-refractivity contribution in [3.05, 3.63) is 42.7 Å². The number of aromatic amines is 1. The van der Waals surface area contributed by atoms with Crippen molar-refractivity contribution in [2.24, 2.45) is 0 Å². The number of phenols is 1. The molecule has 0 aliphatic carbocycles. The van der Waals surface area contributed by atoms with E-state index in [1.807, 2.05) is 18.2 Å². The Morgan fingerprint density at radius 2 is 1.68 bits per heavy atom. The molecule has 1 heterocycles. The van der Waals surface area contributed by atoms with Gasteiger partial charge in [-0.1, -0.05) is 31.8 Å². The van der Waals surface area contributed by atoms with Crippen molar-refractivity contribution in [2.75, 3.05) is 0 Å². The van der Waals surface area contributed by atoms with Gasteiger partial charge < -0.3 is 5.11 Å². The fourth-order valence-corrected chi connectivity index (χ4v) is 2.43. The average Bonchev–Trinajstić information content (AvgIpc) is 2.99. The molecule has 2 rings (SSSR count). The van der Waals surface area contributed by atoms with Crippen molar-refractivity contribution in [1.29, 1.82) is 0 Å². The van der Waals surface area contributed by atoms with Gasteiger partial charge in [0.1, 0.15) is 11.6 Å². The minimum absolute atomic E-state index is 0.257. The molecule has 0 spiro atoms. The number of nitrogens with zero attached hydrogens (tertiary/aromatic N) is 2. The second-order valence-corrected chi connectivity index (χ2v) is 5.60. The molecule has 2 N–H and O–H groups in total. The zero-order valence-electron chi connectivity index (χ0n) is 13.1. The van der Waals surface area contributed by atoms with Gasteiger partial charge in [0.2, 0.25) is 0 Å². The topological polar surface area (TPSA) is 61.8 Å². The van der Waals surface area contributed by atoms with E-state index in [0.717, 1.165) is 30.7 Å². The van der Waals surface area contributed by atoms with Gasteiger partial charge in [-0.25, -0.2) is 4.98 Å². The zero-order chi connectivity index (χ0) is 15.6. The van der Waals surface area contributed by atoms with E-state index >= 15 is 0 Å². The SMILES string of the molecule is C=CCCCCCCCCc1nc(-c2ccc(O)cc2)n[nH]1. The molecule has 0 atom stereocenters. The molecule has 4 nitrogen and oxygen atoms in total. The number of phenolic OH excluding ortho intramolecular Hbond substituents is 1. The van der Waals surface area contributed by atoms with Crippen LogP contribution >= 0.6 is 0 Å². The monoisotopic (exact) mass is 299 g/mol. The second-order valence-electron chi connectivity index (χ2n) is 5.60. The van der Waals surface area contributed by atoms with Crippen molar-refractivity contribution in [1.82, 2.24) is 15.2 Å². The standard InChI is InChI=1S/C18H25N3O/c1-2-3-4-5-6-7-8-9-10-17-19-18(21-20-17)15-11-13-16(22)14-12-15/h2,11-14,22H,1,3-10H2,(H,19,20,21). The van der Waals surface area contributed by atoms with Crippen molar-refractivity contribution in [3.63, 3.8) is 0 Å². The van der Waals surface area contributed by atoms with Crippen LogP contribution in [0.3, 0.4) is 0 Å². The number of aryl methyl sites for hydroxylation is 1. The van der Waals surface area contributed by atoms with Gasteiger partial charge in [0, 0.05) is 12.0 Å². The molecule has 0 amide bonds. The normalized spacial score (nSPS) is 10.7. The number of rotatable bonds is 10. The maximum Gasteiger partial charge on any atom is 0.181 e. The predicted molar refractivity (Wildman–Crippen MR) is 89.7 cm³/mol. The molecule has 1 aromatic carbocycles. The molecule has 0 saturated carbocycles. The highest BCUT2D eigenvalue weighted by atomic mass is 16.3. The number of hydrogen-bond donors (Lipinski definition) is 2. The molecule has 0 unspecified atom stereocenters. The molecular formula is C18H25N3O. The quantitative estimate of drug-likeness (QED) is 0.496. The van der Waals surface area contributed by atoms with E-state index in [1.165, 1.54) is 32.1 Å². The molecule has 0 aliphatic rings. The van der Waals surface area contributed by atoms with Crippen LogP contribution in [0.5, 0.6) is 5.75 Å². The van der Waals surface area contributed by atoms with Gasteiger partial charge >= 0.3 is 0 Å². The summed E-state index contributed by atoms with van der Waals surface area (Å²) >= 11 is 0. The van der Waals surface area contributed by atoms with Gasteiger partial charge in [-0.15, -0.1) is 6.58 Å². The maximum atomic E-state index is 9.29. The van der Waals surface area contributed by atoms with Crippen molar-refractivity contribution < 1.29 is 5.11 Å². The summed E-state index contributed by atoms with van der Waals surface area (Å²) in [5, 5.41) is 16.5. The molecule has 4 heteroatoms. The van der Waals surface area contributed by atoms with Gasteiger partial charge in [0.05, 0.1) is 0 Å². The fraction of sp³-hybridized carbons (Fsp3) is 0.444. The molecular weight excluding hydrogens is 274 g/mol. The molecule has 0 radical (unpaired) electrons. The Bertz CT molecular complexity index is 560. The summed E-state index contributed by atoms with van der Waals surface area (Å²) in [5.74, 6) is 1.89. The van der Waals surface area contributed by atoms with Gasteiger partial charge in [-0.05, 0) is 43.5 Å². The first-order valence-corrected chi connectivity index (χ1v) is 8.11. The lowest BCUT2D eigenvalue weighted by Gasteiger charge is -1.99. The lowest BCUT2D eigenvalue weighted by Crippen LogP contribution is -1.89. The number of H-pyrrole nitrogens is 1. The first-order valence-electron chi connectivity index (χ1n) is 8.11. The summed E-state index contributed by atoms with van der Waals surface area (Å²) in [6.07, 6.45) is 11.6.